The summed E-state index contributed by atoms with van der Waals surface area (Å²) in [6.45, 7) is 5.08. The lowest BCUT2D eigenvalue weighted by molar-refractivity contribution is 0.100. The third kappa shape index (κ3) is 6.43. The second kappa shape index (κ2) is 11.4. The SMILES string of the molecule is C[C@H](Cc1cc2c(c(C(N)=O)c1)N(CCCO)CC2)NCCOc1ccc(Br)cc1OC1CC1. The number of carbonyl (C=O) groups excluding carboxylic acids is 1. The maximum absolute atomic E-state index is 12.2. The van der Waals surface area contributed by atoms with E-state index in [-0.39, 0.29) is 12.6 Å². The van der Waals surface area contributed by atoms with E-state index in [1.165, 1.54) is 5.56 Å². The molecule has 0 spiro atoms. The van der Waals surface area contributed by atoms with Crippen LogP contribution in [0.25, 0.3) is 0 Å². The van der Waals surface area contributed by atoms with Crippen LogP contribution in [0.4, 0.5) is 5.69 Å². The van der Waals surface area contributed by atoms with E-state index in [1.807, 2.05) is 24.3 Å². The molecular formula is C26H34BrN3O4. The van der Waals surface area contributed by atoms with Crippen molar-refractivity contribution in [2.45, 2.75) is 51.2 Å². The standard InChI is InChI=1S/C26H34BrN3O4/c1-17(29-8-12-33-23-6-3-20(27)16-24(23)34-21-4-5-21)13-18-14-19-7-10-30(9-2-11-31)25(19)22(15-18)26(28)32/h3,6,14-17,21,29,31H,2,4-5,7-13H2,1H3,(H2,28,32)/t17-/m1/s1. The van der Waals surface area contributed by atoms with Gasteiger partial charge in [0, 0.05) is 36.8 Å². The molecular weight excluding hydrogens is 498 g/mol. The highest BCUT2D eigenvalue weighted by atomic mass is 79.9. The molecule has 1 aliphatic carbocycles. The van der Waals surface area contributed by atoms with Crippen LogP contribution in [0.3, 0.4) is 0 Å². The summed E-state index contributed by atoms with van der Waals surface area (Å²) < 4.78 is 12.9. The van der Waals surface area contributed by atoms with Crippen LogP contribution >= 0.6 is 15.9 Å². The van der Waals surface area contributed by atoms with E-state index in [9.17, 15) is 4.79 Å². The maximum atomic E-state index is 12.2. The zero-order valence-corrected chi connectivity index (χ0v) is 21.3. The molecule has 0 aromatic heterocycles. The molecule has 1 heterocycles. The van der Waals surface area contributed by atoms with E-state index in [1.54, 1.807) is 0 Å². The first-order valence-corrected chi connectivity index (χ1v) is 12.9. The first-order valence-electron chi connectivity index (χ1n) is 12.1. The molecule has 8 heteroatoms. The van der Waals surface area contributed by atoms with Crippen molar-refractivity contribution in [1.29, 1.82) is 0 Å². The topological polar surface area (TPSA) is 97.1 Å². The molecule has 1 amide bonds. The molecule has 4 N–H and O–H groups in total. The number of primary amides is 1. The Labute approximate surface area is 209 Å². The van der Waals surface area contributed by atoms with E-state index in [2.05, 4.69) is 39.1 Å². The van der Waals surface area contributed by atoms with Gasteiger partial charge in [0.1, 0.15) is 6.61 Å². The summed E-state index contributed by atoms with van der Waals surface area (Å²) >= 11 is 3.50. The van der Waals surface area contributed by atoms with Crippen molar-refractivity contribution in [1.82, 2.24) is 5.32 Å². The number of carbonyl (C=O) groups is 1. The number of anilines is 1. The summed E-state index contributed by atoms with van der Waals surface area (Å²) in [7, 11) is 0. The number of nitrogens with one attached hydrogen (secondary N) is 1. The van der Waals surface area contributed by atoms with Crippen LogP contribution in [-0.2, 0) is 12.8 Å². The Bertz CT molecular complexity index is 1010. The average molecular weight is 532 g/mol. The van der Waals surface area contributed by atoms with Gasteiger partial charge in [-0.1, -0.05) is 22.0 Å². The fourth-order valence-electron chi connectivity index (χ4n) is 4.43. The summed E-state index contributed by atoms with van der Waals surface area (Å²) in [6.07, 6.45) is 4.88. The molecule has 1 aliphatic heterocycles. The first-order chi connectivity index (χ1) is 16.4. The molecule has 2 aromatic carbocycles. The van der Waals surface area contributed by atoms with Crippen molar-refractivity contribution in [3.63, 3.8) is 0 Å². The highest BCUT2D eigenvalue weighted by molar-refractivity contribution is 9.10. The zero-order chi connectivity index (χ0) is 24.1. The molecule has 0 radical (unpaired) electrons. The number of aliphatic hydroxyl groups is 1. The Morgan fingerprint density at radius 1 is 1.29 bits per heavy atom. The molecule has 1 saturated carbocycles. The second-order valence-corrected chi connectivity index (χ2v) is 10.1. The summed E-state index contributed by atoms with van der Waals surface area (Å²) in [5.74, 6) is 1.15. The number of amides is 1. The monoisotopic (exact) mass is 531 g/mol. The molecule has 1 atom stereocenters. The minimum Gasteiger partial charge on any atom is -0.488 e. The predicted molar refractivity (Wildman–Crippen MR) is 137 cm³/mol. The molecule has 7 nitrogen and oxygen atoms in total. The number of benzene rings is 2. The van der Waals surface area contributed by atoms with Gasteiger partial charge >= 0.3 is 0 Å². The quantitative estimate of drug-likeness (QED) is 0.342. The van der Waals surface area contributed by atoms with E-state index in [4.69, 9.17) is 20.3 Å². The largest absolute Gasteiger partial charge is 0.488 e. The van der Waals surface area contributed by atoms with E-state index in [0.717, 1.165) is 66.0 Å². The van der Waals surface area contributed by atoms with Gasteiger partial charge in [-0.25, -0.2) is 0 Å². The highest BCUT2D eigenvalue weighted by Gasteiger charge is 2.26. The molecule has 0 unspecified atom stereocenters. The van der Waals surface area contributed by atoms with Gasteiger partial charge in [-0.05, 0) is 74.4 Å². The minimum absolute atomic E-state index is 0.138. The third-order valence-electron chi connectivity index (χ3n) is 6.19. The number of hydrogen-bond acceptors (Lipinski definition) is 6. The molecule has 0 bridgehead atoms. The van der Waals surface area contributed by atoms with Crippen molar-refractivity contribution in [2.24, 2.45) is 5.73 Å². The fraction of sp³-hybridized carbons (Fsp3) is 0.500. The normalized spacial score (nSPS) is 15.8. The maximum Gasteiger partial charge on any atom is 0.250 e. The Hall–Kier alpha value is -2.29. The van der Waals surface area contributed by atoms with Crippen LogP contribution in [0.1, 0.15) is 47.7 Å². The molecule has 184 valence electrons. The molecule has 0 saturated heterocycles. The van der Waals surface area contributed by atoms with Crippen molar-refractivity contribution in [2.75, 3.05) is 37.7 Å². The van der Waals surface area contributed by atoms with Gasteiger partial charge in [-0.15, -0.1) is 0 Å². The minimum atomic E-state index is -0.401. The molecule has 2 aliphatic rings. The lowest BCUT2D eigenvalue weighted by atomic mass is 9.98. The van der Waals surface area contributed by atoms with Gasteiger partial charge < -0.3 is 30.5 Å². The molecule has 1 fully saturated rings. The van der Waals surface area contributed by atoms with Crippen molar-refractivity contribution >= 4 is 27.5 Å². The lowest BCUT2D eigenvalue weighted by Gasteiger charge is -2.22. The number of nitrogens with two attached hydrogens (primary N) is 1. The number of aliphatic hydroxyl groups excluding tert-OH is 1. The van der Waals surface area contributed by atoms with Crippen LogP contribution in [0.15, 0.2) is 34.8 Å². The molecule has 2 aromatic rings. The first kappa shape index (κ1) is 24.8. The molecule has 34 heavy (non-hydrogen) atoms. The van der Waals surface area contributed by atoms with Crippen LogP contribution < -0.4 is 25.4 Å². The highest BCUT2D eigenvalue weighted by Crippen LogP contribution is 2.36. The van der Waals surface area contributed by atoms with Gasteiger partial charge in [-0.2, -0.15) is 0 Å². The summed E-state index contributed by atoms with van der Waals surface area (Å²) in [5.41, 5.74) is 9.52. The Balaban J connectivity index is 1.31. The van der Waals surface area contributed by atoms with E-state index >= 15 is 0 Å². The van der Waals surface area contributed by atoms with Crippen molar-refractivity contribution in [3.8, 4) is 11.5 Å². The Morgan fingerprint density at radius 3 is 2.85 bits per heavy atom. The fourth-order valence-corrected chi connectivity index (χ4v) is 4.77. The van der Waals surface area contributed by atoms with Crippen LogP contribution in [0, 0.1) is 0 Å². The number of rotatable bonds is 13. The van der Waals surface area contributed by atoms with Gasteiger partial charge in [0.05, 0.1) is 17.4 Å². The summed E-state index contributed by atoms with van der Waals surface area (Å²) in [6, 6.07) is 10.2. The number of fused-ring (bicyclic) bond motifs is 1. The number of nitrogens with zero attached hydrogens (tertiary/aromatic N) is 1. The van der Waals surface area contributed by atoms with Crippen molar-refractivity contribution in [3.05, 3.63) is 51.5 Å². The zero-order valence-electron chi connectivity index (χ0n) is 19.7. The number of halogens is 1. The van der Waals surface area contributed by atoms with E-state index in [0.29, 0.717) is 31.2 Å². The number of hydrogen-bond donors (Lipinski definition) is 3. The number of ether oxygens (including phenoxy) is 2. The van der Waals surface area contributed by atoms with Gasteiger partial charge in [0.25, 0.3) is 5.91 Å². The Kier molecular flexibility index (Phi) is 8.34. The van der Waals surface area contributed by atoms with Crippen LogP contribution in [-0.4, -0.2) is 56.0 Å². The predicted octanol–water partition coefficient (Wildman–Crippen LogP) is 3.43. The summed E-state index contributed by atoms with van der Waals surface area (Å²) in [4.78, 5) is 14.3. The summed E-state index contributed by atoms with van der Waals surface area (Å²) in [5, 5.41) is 12.7. The van der Waals surface area contributed by atoms with Crippen molar-refractivity contribution < 1.29 is 19.4 Å². The molecule has 4 rings (SSSR count). The third-order valence-corrected chi connectivity index (χ3v) is 6.68. The lowest BCUT2D eigenvalue weighted by Crippen LogP contribution is -2.32. The van der Waals surface area contributed by atoms with Gasteiger partial charge in [0.15, 0.2) is 11.5 Å². The van der Waals surface area contributed by atoms with Gasteiger partial charge in [-0.3, -0.25) is 4.79 Å². The smallest absolute Gasteiger partial charge is 0.250 e. The average Bonchev–Trinajstić information content (AvgIpc) is 3.53. The Morgan fingerprint density at radius 2 is 2.12 bits per heavy atom. The van der Waals surface area contributed by atoms with Crippen LogP contribution in [0.2, 0.25) is 0 Å². The van der Waals surface area contributed by atoms with Crippen LogP contribution in [0.5, 0.6) is 11.5 Å². The van der Waals surface area contributed by atoms with Gasteiger partial charge in [0.2, 0.25) is 0 Å². The second-order valence-electron chi connectivity index (χ2n) is 9.15. The van der Waals surface area contributed by atoms with E-state index < -0.39 is 5.91 Å².